The molecule has 2 N–H and O–H groups in total. The molecule has 0 bridgehead atoms. The fourth-order valence-corrected chi connectivity index (χ4v) is 4.13. The SMILES string of the molecule is O=C(O)CCC(=O)c1ccc(C=CCNC(=O)OCC2c3ccccc3-c3ccccc32)cc1. The number of ether oxygens (including phenoxy) is 1. The highest BCUT2D eigenvalue weighted by molar-refractivity contribution is 5.97. The molecular weight excluding hydrogens is 430 g/mol. The normalized spacial score (nSPS) is 12.2. The number of ketones is 1. The molecule has 34 heavy (non-hydrogen) atoms. The number of nitrogens with one attached hydrogen (secondary N) is 1. The van der Waals surface area contributed by atoms with E-state index in [0.29, 0.717) is 12.1 Å². The van der Waals surface area contributed by atoms with Gasteiger partial charge in [-0.3, -0.25) is 9.59 Å². The van der Waals surface area contributed by atoms with Gasteiger partial charge in [0.15, 0.2) is 5.78 Å². The van der Waals surface area contributed by atoms with Gasteiger partial charge in [-0.05, 0) is 27.8 Å². The maximum absolute atomic E-state index is 12.2. The van der Waals surface area contributed by atoms with E-state index >= 15 is 0 Å². The van der Waals surface area contributed by atoms with Crippen LogP contribution < -0.4 is 5.32 Å². The van der Waals surface area contributed by atoms with E-state index in [9.17, 15) is 14.4 Å². The first-order valence-corrected chi connectivity index (χ1v) is 11.1. The molecule has 1 aliphatic carbocycles. The first kappa shape index (κ1) is 23.0. The van der Waals surface area contributed by atoms with Crippen molar-refractivity contribution in [1.82, 2.24) is 5.32 Å². The van der Waals surface area contributed by atoms with E-state index in [1.807, 2.05) is 30.3 Å². The molecule has 6 heteroatoms. The molecule has 0 spiro atoms. The molecule has 3 aromatic carbocycles. The topological polar surface area (TPSA) is 92.7 Å². The Morgan fingerprint density at radius 2 is 1.47 bits per heavy atom. The van der Waals surface area contributed by atoms with E-state index in [1.165, 1.54) is 22.3 Å². The highest BCUT2D eigenvalue weighted by Gasteiger charge is 2.28. The summed E-state index contributed by atoms with van der Waals surface area (Å²) in [6, 6.07) is 23.3. The molecule has 0 unspecified atom stereocenters. The van der Waals surface area contributed by atoms with Crippen LogP contribution in [0.15, 0.2) is 78.9 Å². The molecule has 3 aromatic rings. The van der Waals surface area contributed by atoms with Crippen LogP contribution in [-0.4, -0.2) is 36.1 Å². The minimum atomic E-state index is -0.989. The van der Waals surface area contributed by atoms with Crippen LogP contribution in [0.2, 0.25) is 0 Å². The highest BCUT2D eigenvalue weighted by atomic mass is 16.5. The summed E-state index contributed by atoms with van der Waals surface area (Å²) in [4.78, 5) is 34.8. The summed E-state index contributed by atoms with van der Waals surface area (Å²) in [5.41, 5.74) is 6.05. The minimum Gasteiger partial charge on any atom is -0.481 e. The molecule has 0 fully saturated rings. The molecule has 0 heterocycles. The van der Waals surface area contributed by atoms with Crippen LogP contribution in [0.4, 0.5) is 4.79 Å². The van der Waals surface area contributed by atoms with Gasteiger partial charge in [-0.25, -0.2) is 4.79 Å². The van der Waals surface area contributed by atoms with Crippen molar-refractivity contribution in [1.29, 1.82) is 0 Å². The monoisotopic (exact) mass is 455 g/mol. The van der Waals surface area contributed by atoms with Crippen LogP contribution in [-0.2, 0) is 9.53 Å². The molecule has 172 valence electrons. The molecule has 0 atom stereocenters. The van der Waals surface area contributed by atoms with Crippen molar-refractivity contribution in [3.8, 4) is 11.1 Å². The third-order valence-electron chi connectivity index (χ3n) is 5.82. The smallest absolute Gasteiger partial charge is 0.407 e. The zero-order valence-corrected chi connectivity index (χ0v) is 18.6. The van der Waals surface area contributed by atoms with Crippen LogP contribution in [0.25, 0.3) is 17.2 Å². The number of carboxylic acids is 1. The van der Waals surface area contributed by atoms with Crippen LogP contribution in [0.5, 0.6) is 0 Å². The standard InChI is InChI=1S/C28H25NO5/c30-26(15-16-27(31)32)20-13-11-19(12-14-20)6-5-17-29-28(33)34-18-25-23-9-3-1-7-21(23)22-8-2-4-10-24(22)25/h1-14,25H,15-18H2,(H,29,33)(H,31,32). The zero-order valence-electron chi connectivity index (χ0n) is 18.6. The molecule has 0 saturated heterocycles. The van der Waals surface area contributed by atoms with Crippen molar-refractivity contribution in [2.75, 3.05) is 13.2 Å². The Morgan fingerprint density at radius 1 is 0.853 bits per heavy atom. The Morgan fingerprint density at radius 3 is 2.09 bits per heavy atom. The molecule has 0 aliphatic heterocycles. The maximum Gasteiger partial charge on any atom is 0.407 e. The third kappa shape index (κ3) is 5.41. The average Bonchev–Trinajstić information content (AvgIpc) is 3.18. The summed E-state index contributed by atoms with van der Waals surface area (Å²) in [5.74, 6) is -1.17. The number of carbonyl (C=O) groups excluding carboxylic acids is 2. The Bertz CT molecular complexity index is 1180. The van der Waals surface area contributed by atoms with Crippen molar-refractivity contribution < 1.29 is 24.2 Å². The molecule has 0 radical (unpaired) electrons. The van der Waals surface area contributed by atoms with E-state index in [0.717, 1.165) is 5.56 Å². The summed E-state index contributed by atoms with van der Waals surface area (Å²) in [5, 5.41) is 11.4. The number of carbonyl (C=O) groups is 3. The second kappa shape index (κ2) is 10.6. The van der Waals surface area contributed by atoms with Gasteiger partial charge in [-0.2, -0.15) is 0 Å². The summed E-state index contributed by atoms with van der Waals surface area (Å²) < 4.78 is 5.51. The number of hydrogen-bond acceptors (Lipinski definition) is 4. The largest absolute Gasteiger partial charge is 0.481 e. The lowest BCUT2D eigenvalue weighted by Crippen LogP contribution is -2.26. The molecule has 6 nitrogen and oxygen atoms in total. The molecular formula is C28H25NO5. The Kier molecular flexibility index (Phi) is 7.18. The molecule has 4 rings (SSSR count). The summed E-state index contributed by atoms with van der Waals surface area (Å²) in [6.07, 6.45) is 2.94. The minimum absolute atomic E-state index is 0.0189. The van der Waals surface area contributed by atoms with Crippen LogP contribution in [0.3, 0.4) is 0 Å². The highest BCUT2D eigenvalue weighted by Crippen LogP contribution is 2.44. The number of fused-ring (bicyclic) bond motifs is 3. The Labute approximate surface area is 197 Å². The zero-order chi connectivity index (χ0) is 23.9. The van der Waals surface area contributed by atoms with Crippen molar-refractivity contribution in [2.24, 2.45) is 0 Å². The predicted octanol–water partition coefficient (Wildman–Crippen LogP) is 5.29. The van der Waals surface area contributed by atoms with E-state index < -0.39 is 12.1 Å². The van der Waals surface area contributed by atoms with Gasteiger partial charge in [0, 0.05) is 24.4 Å². The van der Waals surface area contributed by atoms with E-state index in [2.05, 4.69) is 29.6 Å². The van der Waals surface area contributed by atoms with Crippen LogP contribution in [0.1, 0.15) is 45.8 Å². The third-order valence-corrected chi connectivity index (χ3v) is 5.82. The number of alkyl carbamates (subject to hydrolysis) is 1. The molecule has 0 aromatic heterocycles. The second-order valence-electron chi connectivity index (χ2n) is 8.05. The number of aliphatic carboxylic acids is 1. The van der Waals surface area contributed by atoms with E-state index in [4.69, 9.17) is 9.84 Å². The van der Waals surface area contributed by atoms with Gasteiger partial charge in [0.1, 0.15) is 6.61 Å². The molecule has 1 aliphatic rings. The summed E-state index contributed by atoms with van der Waals surface area (Å²) >= 11 is 0. The molecule has 1 amide bonds. The van der Waals surface area contributed by atoms with Gasteiger partial charge in [0.25, 0.3) is 0 Å². The Balaban J connectivity index is 1.25. The van der Waals surface area contributed by atoms with Crippen molar-refractivity contribution in [3.05, 3.63) is 101 Å². The van der Waals surface area contributed by atoms with Crippen molar-refractivity contribution in [3.63, 3.8) is 0 Å². The average molecular weight is 456 g/mol. The van der Waals surface area contributed by atoms with E-state index in [-0.39, 0.29) is 31.1 Å². The number of hydrogen-bond donors (Lipinski definition) is 2. The number of benzene rings is 3. The number of Topliss-reactive ketones (excluding diaryl/α,β-unsaturated/α-hetero) is 1. The van der Waals surface area contributed by atoms with Crippen LogP contribution >= 0.6 is 0 Å². The fourth-order valence-electron chi connectivity index (χ4n) is 4.13. The lowest BCUT2D eigenvalue weighted by molar-refractivity contribution is -0.136. The van der Waals surface area contributed by atoms with Gasteiger partial charge in [-0.15, -0.1) is 0 Å². The predicted molar refractivity (Wildman–Crippen MR) is 130 cm³/mol. The van der Waals surface area contributed by atoms with Crippen molar-refractivity contribution >= 4 is 23.9 Å². The number of carboxylic acid groups (broad SMARTS) is 1. The fraction of sp³-hybridized carbons (Fsp3) is 0.179. The van der Waals surface area contributed by atoms with Crippen molar-refractivity contribution in [2.45, 2.75) is 18.8 Å². The first-order chi connectivity index (χ1) is 16.5. The van der Waals surface area contributed by atoms with Crippen LogP contribution in [0, 0.1) is 0 Å². The maximum atomic E-state index is 12.2. The summed E-state index contributed by atoms with van der Waals surface area (Å²) in [7, 11) is 0. The van der Waals surface area contributed by atoms with Gasteiger partial charge in [0.2, 0.25) is 0 Å². The molecule has 0 saturated carbocycles. The number of amides is 1. The quantitative estimate of drug-likeness (QED) is 0.428. The lowest BCUT2D eigenvalue weighted by Gasteiger charge is -2.14. The van der Waals surface area contributed by atoms with Gasteiger partial charge in [0.05, 0.1) is 6.42 Å². The Hall–Kier alpha value is -4.19. The van der Waals surface area contributed by atoms with Gasteiger partial charge >= 0.3 is 12.1 Å². The number of rotatable bonds is 9. The second-order valence-corrected chi connectivity index (χ2v) is 8.05. The summed E-state index contributed by atoms with van der Waals surface area (Å²) in [6.45, 7) is 0.566. The lowest BCUT2D eigenvalue weighted by atomic mass is 9.98. The van der Waals surface area contributed by atoms with Gasteiger partial charge < -0.3 is 15.2 Å². The van der Waals surface area contributed by atoms with E-state index in [1.54, 1.807) is 30.3 Å². The first-order valence-electron chi connectivity index (χ1n) is 11.1. The van der Waals surface area contributed by atoms with Gasteiger partial charge in [-0.1, -0.05) is 84.9 Å².